The summed E-state index contributed by atoms with van der Waals surface area (Å²) < 4.78 is 9.85. The molecule has 0 N–H and O–H groups in total. The van der Waals surface area contributed by atoms with E-state index < -0.39 is 12.1 Å². The molecule has 1 amide bonds. The second kappa shape index (κ2) is 8.61. The Balaban J connectivity index is 2.65. The molecule has 5 nitrogen and oxygen atoms in total. The lowest BCUT2D eigenvalue weighted by Gasteiger charge is -2.28. The van der Waals surface area contributed by atoms with Gasteiger partial charge in [-0.1, -0.05) is 12.5 Å². The first-order valence-electron chi connectivity index (χ1n) is 7.29. The van der Waals surface area contributed by atoms with Gasteiger partial charge in [-0.2, -0.15) is 0 Å². The zero-order chi connectivity index (χ0) is 15.0. The van der Waals surface area contributed by atoms with E-state index in [0.717, 1.165) is 32.1 Å². The van der Waals surface area contributed by atoms with Crippen LogP contribution in [0.5, 0.6) is 0 Å². The van der Waals surface area contributed by atoms with Gasteiger partial charge in [-0.15, -0.1) is 6.58 Å². The molecule has 0 aromatic heterocycles. The molecule has 1 heterocycles. The van der Waals surface area contributed by atoms with Crippen LogP contribution in [0, 0.1) is 0 Å². The fraction of sp³-hybridized carbons (Fsp3) is 0.733. The SMILES string of the molecule is C=CCCCC[C@H]1CC[C@@H](C(=O)OC)N1C(=O)OCC. The molecule has 0 saturated carbocycles. The Hall–Kier alpha value is -1.52. The predicted molar refractivity (Wildman–Crippen MR) is 76.4 cm³/mol. The van der Waals surface area contributed by atoms with Crippen molar-refractivity contribution in [3.63, 3.8) is 0 Å². The van der Waals surface area contributed by atoms with E-state index in [1.54, 1.807) is 11.8 Å². The van der Waals surface area contributed by atoms with Crippen molar-refractivity contribution < 1.29 is 19.1 Å². The predicted octanol–water partition coefficient (Wildman–Crippen LogP) is 2.90. The molecule has 1 fully saturated rings. The molecule has 114 valence electrons. The topological polar surface area (TPSA) is 55.8 Å². The molecule has 1 aliphatic heterocycles. The van der Waals surface area contributed by atoms with E-state index in [2.05, 4.69) is 6.58 Å². The van der Waals surface area contributed by atoms with Gasteiger partial charge in [0.15, 0.2) is 0 Å². The highest BCUT2D eigenvalue weighted by Gasteiger charge is 2.41. The molecule has 0 radical (unpaired) electrons. The van der Waals surface area contributed by atoms with Crippen molar-refractivity contribution in [2.45, 2.75) is 57.5 Å². The summed E-state index contributed by atoms with van der Waals surface area (Å²) in [6.07, 6.45) is 6.90. The summed E-state index contributed by atoms with van der Waals surface area (Å²) >= 11 is 0. The Kier molecular flexibility index (Phi) is 7.12. The lowest BCUT2D eigenvalue weighted by Crippen LogP contribution is -2.45. The molecule has 0 spiro atoms. The fourth-order valence-corrected chi connectivity index (χ4v) is 2.68. The van der Waals surface area contributed by atoms with E-state index in [4.69, 9.17) is 9.47 Å². The van der Waals surface area contributed by atoms with E-state index in [-0.39, 0.29) is 12.0 Å². The van der Waals surface area contributed by atoms with E-state index in [1.165, 1.54) is 7.11 Å². The molecule has 1 rings (SSSR count). The third-order valence-electron chi connectivity index (χ3n) is 3.65. The third kappa shape index (κ3) is 4.25. The van der Waals surface area contributed by atoms with Gasteiger partial charge in [-0.3, -0.25) is 4.90 Å². The average Bonchev–Trinajstić information content (AvgIpc) is 2.87. The zero-order valence-corrected chi connectivity index (χ0v) is 12.5. The van der Waals surface area contributed by atoms with Crippen LogP contribution in [0.15, 0.2) is 12.7 Å². The number of allylic oxidation sites excluding steroid dienone is 1. The van der Waals surface area contributed by atoms with Crippen molar-refractivity contribution >= 4 is 12.1 Å². The van der Waals surface area contributed by atoms with Crippen LogP contribution in [0.2, 0.25) is 0 Å². The van der Waals surface area contributed by atoms with Crippen LogP contribution in [0.4, 0.5) is 4.79 Å². The molecule has 0 unspecified atom stereocenters. The highest BCUT2D eigenvalue weighted by atomic mass is 16.6. The Morgan fingerprint density at radius 2 is 2.10 bits per heavy atom. The van der Waals surface area contributed by atoms with Gasteiger partial charge in [0.2, 0.25) is 0 Å². The Labute approximate surface area is 120 Å². The molecular weight excluding hydrogens is 258 g/mol. The minimum Gasteiger partial charge on any atom is -0.467 e. The van der Waals surface area contributed by atoms with Gasteiger partial charge in [0.1, 0.15) is 6.04 Å². The summed E-state index contributed by atoms with van der Waals surface area (Å²) in [5, 5.41) is 0. The number of hydrogen-bond acceptors (Lipinski definition) is 4. The fourth-order valence-electron chi connectivity index (χ4n) is 2.68. The van der Waals surface area contributed by atoms with Gasteiger partial charge in [0, 0.05) is 6.04 Å². The molecule has 0 aromatic rings. The largest absolute Gasteiger partial charge is 0.467 e. The van der Waals surface area contributed by atoms with Gasteiger partial charge in [0.05, 0.1) is 13.7 Å². The number of amides is 1. The maximum atomic E-state index is 12.1. The monoisotopic (exact) mass is 283 g/mol. The molecule has 0 aliphatic carbocycles. The lowest BCUT2D eigenvalue weighted by atomic mass is 10.1. The van der Waals surface area contributed by atoms with Crippen molar-refractivity contribution in [1.82, 2.24) is 4.90 Å². The van der Waals surface area contributed by atoms with Crippen molar-refractivity contribution in [3.05, 3.63) is 12.7 Å². The van der Waals surface area contributed by atoms with Gasteiger partial charge in [-0.25, -0.2) is 9.59 Å². The number of unbranched alkanes of at least 4 members (excludes halogenated alkanes) is 2. The summed E-state index contributed by atoms with van der Waals surface area (Å²) in [5.41, 5.74) is 0. The first kappa shape index (κ1) is 16.5. The normalized spacial score (nSPS) is 21.6. The van der Waals surface area contributed by atoms with Crippen LogP contribution in [0.1, 0.15) is 45.4 Å². The standard InChI is InChI=1S/C15H25NO4/c1-4-6-7-8-9-12-10-11-13(14(17)19-3)16(12)15(18)20-5-2/h4,12-13H,1,5-11H2,2-3H3/t12-,13-/m0/s1. The minimum atomic E-state index is -0.497. The number of hydrogen-bond donors (Lipinski definition) is 0. The first-order valence-corrected chi connectivity index (χ1v) is 7.29. The highest BCUT2D eigenvalue weighted by molar-refractivity contribution is 5.82. The molecule has 5 heteroatoms. The summed E-state index contributed by atoms with van der Waals surface area (Å²) in [6.45, 7) is 5.77. The zero-order valence-electron chi connectivity index (χ0n) is 12.5. The number of likely N-dealkylation sites (tertiary alicyclic amines) is 1. The van der Waals surface area contributed by atoms with Crippen molar-refractivity contribution in [2.24, 2.45) is 0 Å². The molecule has 1 aliphatic rings. The van der Waals surface area contributed by atoms with Gasteiger partial charge in [-0.05, 0) is 39.0 Å². The smallest absolute Gasteiger partial charge is 0.410 e. The Morgan fingerprint density at radius 1 is 1.35 bits per heavy atom. The first-order chi connectivity index (χ1) is 9.65. The third-order valence-corrected chi connectivity index (χ3v) is 3.65. The van der Waals surface area contributed by atoms with E-state index >= 15 is 0 Å². The minimum absolute atomic E-state index is 0.0722. The van der Waals surface area contributed by atoms with Crippen LogP contribution < -0.4 is 0 Å². The van der Waals surface area contributed by atoms with Gasteiger partial charge in [0.25, 0.3) is 0 Å². The number of carbonyl (C=O) groups excluding carboxylic acids is 2. The molecule has 0 bridgehead atoms. The summed E-state index contributed by atoms with van der Waals surface area (Å²) in [6, 6.07) is -0.425. The molecule has 2 atom stereocenters. The summed E-state index contributed by atoms with van der Waals surface area (Å²) in [4.78, 5) is 25.4. The van der Waals surface area contributed by atoms with Crippen LogP contribution >= 0.6 is 0 Å². The highest BCUT2D eigenvalue weighted by Crippen LogP contribution is 2.29. The number of methoxy groups -OCH3 is 1. The maximum absolute atomic E-state index is 12.1. The Bertz CT molecular complexity index is 343. The lowest BCUT2D eigenvalue weighted by molar-refractivity contribution is -0.145. The van der Waals surface area contributed by atoms with Crippen LogP contribution in [-0.2, 0) is 14.3 Å². The summed E-state index contributed by atoms with van der Waals surface area (Å²) in [5.74, 6) is -0.355. The van der Waals surface area contributed by atoms with Crippen LogP contribution in [-0.4, -0.2) is 42.8 Å². The molecule has 1 saturated heterocycles. The van der Waals surface area contributed by atoms with E-state index in [9.17, 15) is 9.59 Å². The van der Waals surface area contributed by atoms with E-state index in [1.807, 2.05) is 6.08 Å². The van der Waals surface area contributed by atoms with Crippen LogP contribution in [0.3, 0.4) is 0 Å². The molecule has 20 heavy (non-hydrogen) atoms. The average molecular weight is 283 g/mol. The van der Waals surface area contributed by atoms with Crippen molar-refractivity contribution in [1.29, 1.82) is 0 Å². The van der Waals surface area contributed by atoms with Gasteiger partial charge < -0.3 is 9.47 Å². The second-order valence-electron chi connectivity index (χ2n) is 4.95. The quantitative estimate of drug-likeness (QED) is 0.409. The van der Waals surface area contributed by atoms with Crippen molar-refractivity contribution in [2.75, 3.05) is 13.7 Å². The van der Waals surface area contributed by atoms with Crippen molar-refractivity contribution in [3.8, 4) is 0 Å². The van der Waals surface area contributed by atoms with Gasteiger partial charge >= 0.3 is 12.1 Å². The number of nitrogens with zero attached hydrogens (tertiary/aromatic N) is 1. The molecular formula is C15H25NO4. The summed E-state index contributed by atoms with van der Waals surface area (Å²) in [7, 11) is 1.35. The van der Waals surface area contributed by atoms with Crippen LogP contribution in [0.25, 0.3) is 0 Å². The maximum Gasteiger partial charge on any atom is 0.410 e. The number of esters is 1. The number of rotatable bonds is 7. The molecule has 0 aromatic carbocycles. The van der Waals surface area contributed by atoms with E-state index in [0.29, 0.717) is 13.0 Å². The number of carbonyl (C=O) groups is 2. The second-order valence-corrected chi connectivity index (χ2v) is 4.95. The number of ether oxygens (including phenoxy) is 2. The Morgan fingerprint density at radius 3 is 2.70 bits per heavy atom.